The number of nitrogens with one attached hydrogen (secondary N) is 3. The summed E-state index contributed by atoms with van der Waals surface area (Å²) in [5, 5.41) is 11.7. The molecule has 2 heterocycles. The van der Waals surface area contributed by atoms with E-state index in [2.05, 4.69) is 20.8 Å². The molecule has 0 radical (unpaired) electrons. The van der Waals surface area contributed by atoms with Gasteiger partial charge in [-0.1, -0.05) is 0 Å². The molecular formula is C9H12N4O2S. The lowest BCUT2D eigenvalue weighted by Crippen LogP contribution is -2.46. The molecular weight excluding hydrogens is 228 g/mol. The molecule has 1 saturated heterocycles. The second-order valence-corrected chi connectivity index (χ2v) is 4.53. The van der Waals surface area contributed by atoms with Gasteiger partial charge in [-0.2, -0.15) is 16.9 Å². The third-order valence-electron chi connectivity index (χ3n) is 2.17. The average molecular weight is 240 g/mol. The van der Waals surface area contributed by atoms with E-state index in [0.717, 1.165) is 18.1 Å². The number of carbonyl (C=O) groups is 1. The van der Waals surface area contributed by atoms with E-state index in [1.807, 2.05) is 0 Å². The summed E-state index contributed by atoms with van der Waals surface area (Å²) in [4.78, 5) is 22.5. The SMILES string of the molecule is O=C(Nc1ccc(=O)[nH]n1)C1CSCCN1. The maximum atomic E-state index is 11.7. The van der Waals surface area contributed by atoms with E-state index < -0.39 is 0 Å². The molecule has 0 spiro atoms. The maximum Gasteiger partial charge on any atom is 0.264 e. The van der Waals surface area contributed by atoms with Crippen molar-refractivity contribution < 1.29 is 4.79 Å². The largest absolute Gasteiger partial charge is 0.308 e. The van der Waals surface area contributed by atoms with Crippen molar-refractivity contribution in [1.29, 1.82) is 0 Å². The van der Waals surface area contributed by atoms with Crippen LogP contribution < -0.4 is 16.2 Å². The number of amides is 1. The molecule has 3 N–H and O–H groups in total. The zero-order chi connectivity index (χ0) is 11.4. The van der Waals surface area contributed by atoms with Gasteiger partial charge in [0.25, 0.3) is 5.56 Å². The summed E-state index contributed by atoms with van der Waals surface area (Å²) in [6.45, 7) is 0.835. The van der Waals surface area contributed by atoms with Gasteiger partial charge in [0.15, 0.2) is 5.82 Å². The fraction of sp³-hybridized carbons (Fsp3) is 0.444. The first-order valence-corrected chi connectivity index (χ1v) is 6.09. The predicted molar refractivity (Wildman–Crippen MR) is 62.6 cm³/mol. The number of rotatable bonds is 2. The number of aromatic amines is 1. The van der Waals surface area contributed by atoms with E-state index in [-0.39, 0.29) is 17.5 Å². The lowest BCUT2D eigenvalue weighted by Gasteiger charge is -2.21. The molecule has 0 aliphatic carbocycles. The molecule has 1 aromatic rings. The Labute approximate surface area is 96.2 Å². The van der Waals surface area contributed by atoms with Crippen molar-refractivity contribution in [3.63, 3.8) is 0 Å². The molecule has 2 rings (SSSR count). The highest BCUT2D eigenvalue weighted by atomic mass is 32.2. The highest BCUT2D eigenvalue weighted by Crippen LogP contribution is 2.09. The second-order valence-electron chi connectivity index (χ2n) is 3.38. The van der Waals surface area contributed by atoms with E-state index in [1.165, 1.54) is 12.1 Å². The summed E-state index contributed by atoms with van der Waals surface area (Å²) >= 11 is 1.74. The molecule has 1 atom stereocenters. The third-order valence-corrected chi connectivity index (χ3v) is 3.23. The summed E-state index contributed by atoms with van der Waals surface area (Å²) in [7, 11) is 0. The van der Waals surface area contributed by atoms with Crippen LogP contribution in [0, 0.1) is 0 Å². The molecule has 1 fully saturated rings. The molecule has 0 bridgehead atoms. The zero-order valence-corrected chi connectivity index (χ0v) is 9.34. The van der Waals surface area contributed by atoms with E-state index in [9.17, 15) is 9.59 Å². The van der Waals surface area contributed by atoms with Crippen LogP contribution >= 0.6 is 11.8 Å². The van der Waals surface area contributed by atoms with Gasteiger partial charge in [-0.25, -0.2) is 5.10 Å². The molecule has 7 heteroatoms. The van der Waals surface area contributed by atoms with Gasteiger partial charge in [0.05, 0.1) is 6.04 Å². The lowest BCUT2D eigenvalue weighted by molar-refractivity contribution is -0.117. The van der Waals surface area contributed by atoms with Crippen molar-refractivity contribution in [3.05, 3.63) is 22.5 Å². The molecule has 6 nitrogen and oxygen atoms in total. The molecule has 16 heavy (non-hydrogen) atoms. The quantitative estimate of drug-likeness (QED) is 0.643. The number of hydrogen-bond donors (Lipinski definition) is 3. The van der Waals surface area contributed by atoms with Crippen LogP contribution in [-0.2, 0) is 4.79 Å². The number of carbonyl (C=O) groups excluding carboxylic acids is 1. The third kappa shape index (κ3) is 2.83. The Morgan fingerprint density at radius 3 is 3.06 bits per heavy atom. The Bertz CT molecular complexity index is 407. The van der Waals surface area contributed by atoms with Crippen molar-refractivity contribution >= 4 is 23.5 Å². The number of nitrogens with zero attached hydrogens (tertiary/aromatic N) is 1. The Hall–Kier alpha value is -1.34. The van der Waals surface area contributed by atoms with Crippen LogP contribution in [0.4, 0.5) is 5.82 Å². The van der Waals surface area contributed by atoms with Crippen molar-refractivity contribution in [2.45, 2.75) is 6.04 Å². The fourth-order valence-corrected chi connectivity index (χ4v) is 2.30. The Morgan fingerprint density at radius 2 is 2.44 bits per heavy atom. The van der Waals surface area contributed by atoms with Gasteiger partial charge < -0.3 is 10.6 Å². The number of hydrogen-bond acceptors (Lipinski definition) is 5. The van der Waals surface area contributed by atoms with Crippen LogP contribution in [0.3, 0.4) is 0 Å². The number of aromatic nitrogens is 2. The number of H-pyrrole nitrogens is 1. The maximum absolute atomic E-state index is 11.7. The Balaban J connectivity index is 1.95. The number of anilines is 1. The van der Waals surface area contributed by atoms with Gasteiger partial charge >= 0.3 is 0 Å². The Kier molecular flexibility index (Phi) is 3.58. The first kappa shape index (κ1) is 11.2. The summed E-state index contributed by atoms with van der Waals surface area (Å²) in [5.41, 5.74) is -0.288. The fourth-order valence-electron chi connectivity index (χ4n) is 1.36. The van der Waals surface area contributed by atoms with E-state index in [4.69, 9.17) is 0 Å². The lowest BCUT2D eigenvalue weighted by atomic mass is 10.3. The zero-order valence-electron chi connectivity index (χ0n) is 8.53. The molecule has 1 amide bonds. The molecule has 1 aromatic heterocycles. The highest BCUT2D eigenvalue weighted by molar-refractivity contribution is 7.99. The van der Waals surface area contributed by atoms with Gasteiger partial charge in [0.2, 0.25) is 5.91 Å². The van der Waals surface area contributed by atoms with Gasteiger partial charge in [0, 0.05) is 24.1 Å². The van der Waals surface area contributed by atoms with Gasteiger partial charge in [-0.3, -0.25) is 9.59 Å². The normalized spacial score (nSPS) is 20.4. The van der Waals surface area contributed by atoms with Crippen LogP contribution in [0.25, 0.3) is 0 Å². The van der Waals surface area contributed by atoms with Gasteiger partial charge in [0.1, 0.15) is 0 Å². The minimum atomic E-state index is -0.288. The predicted octanol–water partition coefficient (Wildman–Crippen LogP) is -0.587. The van der Waals surface area contributed by atoms with E-state index in [1.54, 1.807) is 11.8 Å². The molecule has 0 saturated carbocycles. The smallest absolute Gasteiger partial charge is 0.264 e. The van der Waals surface area contributed by atoms with E-state index in [0.29, 0.717) is 5.82 Å². The standard InChI is InChI=1S/C9H12N4O2S/c14-8-2-1-7(12-13-8)11-9(15)6-5-16-4-3-10-6/h1-2,6,10H,3-5H2,(H,13,14)(H,11,12,15). The van der Waals surface area contributed by atoms with Crippen LogP contribution in [0.1, 0.15) is 0 Å². The van der Waals surface area contributed by atoms with Crippen molar-refractivity contribution in [2.24, 2.45) is 0 Å². The van der Waals surface area contributed by atoms with Gasteiger partial charge in [-0.15, -0.1) is 0 Å². The topological polar surface area (TPSA) is 86.9 Å². The van der Waals surface area contributed by atoms with Crippen molar-refractivity contribution in [3.8, 4) is 0 Å². The number of thioether (sulfide) groups is 1. The van der Waals surface area contributed by atoms with Crippen molar-refractivity contribution in [1.82, 2.24) is 15.5 Å². The minimum Gasteiger partial charge on any atom is -0.308 e. The van der Waals surface area contributed by atoms with Crippen LogP contribution in [0.15, 0.2) is 16.9 Å². The first-order valence-electron chi connectivity index (χ1n) is 4.93. The molecule has 1 aliphatic heterocycles. The molecule has 1 unspecified atom stereocenters. The van der Waals surface area contributed by atoms with E-state index >= 15 is 0 Å². The van der Waals surface area contributed by atoms with Crippen molar-refractivity contribution in [2.75, 3.05) is 23.4 Å². The summed E-state index contributed by atoms with van der Waals surface area (Å²) in [6.07, 6.45) is 0. The molecule has 1 aliphatic rings. The van der Waals surface area contributed by atoms with Crippen LogP contribution in [0.2, 0.25) is 0 Å². The summed E-state index contributed by atoms with van der Waals surface area (Å²) < 4.78 is 0. The summed E-state index contributed by atoms with van der Waals surface area (Å²) in [6, 6.07) is 2.62. The van der Waals surface area contributed by atoms with Gasteiger partial charge in [-0.05, 0) is 6.07 Å². The highest BCUT2D eigenvalue weighted by Gasteiger charge is 2.20. The molecule has 86 valence electrons. The Morgan fingerprint density at radius 1 is 1.56 bits per heavy atom. The summed E-state index contributed by atoms with van der Waals surface area (Å²) in [5.74, 6) is 2.03. The first-order chi connectivity index (χ1) is 7.75. The minimum absolute atomic E-state index is 0.119. The monoisotopic (exact) mass is 240 g/mol. The average Bonchev–Trinajstić information content (AvgIpc) is 2.33. The second kappa shape index (κ2) is 5.13. The van der Waals surface area contributed by atoms with Crippen LogP contribution in [-0.4, -0.2) is 40.2 Å². The van der Waals surface area contributed by atoms with Crippen LogP contribution in [0.5, 0.6) is 0 Å². The molecule has 0 aromatic carbocycles.